The number of carbonyl (C=O) groups is 1. The molecule has 0 saturated heterocycles. The molecule has 2 rings (SSSR count). The Hall–Kier alpha value is -1.78. The lowest BCUT2D eigenvalue weighted by Crippen LogP contribution is -2.41. The summed E-state index contributed by atoms with van der Waals surface area (Å²) in [5.74, 6) is 0.851. The van der Waals surface area contributed by atoms with Crippen LogP contribution in [0.25, 0.3) is 0 Å². The Balaban J connectivity index is 2.04. The fourth-order valence-electron chi connectivity index (χ4n) is 2.66. The van der Waals surface area contributed by atoms with Crippen LogP contribution in [-0.4, -0.2) is 18.7 Å². The van der Waals surface area contributed by atoms with Gasteiger partial charge in [-0.25, -0.2) is 9.36 Å². The molecule has 2 N–H and O–H groups in total. The number of carbonyl (C=O) groups excluding carboxylic acids is 1. The molecular weight excluding hydrogens is 268 g/mol. The summed E-state index contributed by atoms with van der Waals surface area (Å²) in [7, 11) is 0. The van der Waals surface area contributed by atoms with Crippen molar-refractivity contribution in [2.24, 2.45) is 0 Å². The highest BCUT2D eigenvalue weighted by Gasteiger charge is 2.20. The minimum atomic E-state index is -0.291. The quantitative estimate of drug-likeness (QED) is 0.513. The molecule has 21 heavy (non-hydrogen) atoms. The van der Waals surface area contributed by atoms with Crippen LogP contribution in [0.1, 0.15) is 45.4 Å². The molecule has 0 aliphatic heterocycles. The minimum Gasteiger partial charge on any atom is -0.483 e. The van der Waals surface area contributed by atoms with Crippen molar-refractivity contribution in [1.29, 1.82) is 0 Å². The number of hydrogen-bond donors (Lipinski definition) is 1. The Morgan fingerprint density at radius 2 is 2.05 bits per heavy atom. The third kappa shape index (κ3) is 4.62. The first-order chi connectivity index (χ1) is 10.2. The highest BCUT2D eigenvalue weighted by Crippen LogP contribution is 2.24. The topological polar surface area (TPSA) is 65.4 Å². The standard InChI is InChI=1S/C16H24N2O3/c1-2-20-15(19)12-18-11-7-10-14(16(18)17)21-13-8-5-3-4-6-9-13/h7,10-11,13,17H,2-6,8-9,12H2,1H3/p+1. The number of esters is 1. The predicted octanol–water partition coefficient (Wildman–Crippen LogP) is 2.22. The number of anilines is 1. The lowest BCUT2D eigenvalue weighted by Gasteiger charge is -2.17. The number of nitrogens with zero attached hydrogens (tertiary/aromatic N) is 1. The van der Waals surface area contributed by atoms with E-state index in [4.69, 9.17) is 15.2 Å². The summed E-state index contributed by atoms with van der Waals surface area (Å²) in [4.78, 5) is 11.6. The zero-order chi connectivity index (χ0) is 15.1. The Labute approximate surface area is 126 Å². The highest BCUT2D eigenvalue weighted by molar-refractivity contribution is 5.67. The second-order valence-corrected chi connectivity index (χ2v) is 5.42. The number of rotatable bonds is 5. The van der Waals surface area contributed by atoms with Crippen LogP contribution in [0.15, 0.2) is 18.3 Å². The van der Waals surface area contributed by atoms with Crippen LogP contribution in [-0.2, 0) is 16.1 Å². The van der Waals surface area contributed by atoms with Crippen molar-refractivity contribution in [3.63, 3.8) is 0 Å². The van der Waals surface area contributed by atoms with Crippen molar-refractivity contribution in [2.45, 2.75) is 58.1 Å². The average Bonchev–Trinajstić information content (AvgIpc) is 2.72. The molecule has 0 unspecified atom stereocenters. The van der Waals surface area contributed by atoms with Crippen molar-refractivity contribution in [1.82, 2.24) is 0 Å². The number of hydrogen-bond acceptors (Lipinski definition) is 4. The molecular formula is C16H25N2O3+. The average molecular weight is 293 g/mol. The van der Waals surface area contributed by atoms with E-state index < -0.39 is 0 Å². The van der Waals surface area contributed by atoms with E-state index in [9.17, 15) is 4.79 Å². The summed E-state index contributed by atoms with van der Waals surface area (Å²) in [6.07, 6.45) is 9.14. The lowest BCUT2D eigenvalue weighted by molar-refractivity contribution is -0.672. The monoisotopic (exact) mass is 293 g/mol. The summed E-state index contributed by atoms with van der Waals surface area (Å²) in [6.45, 7) is 2.27. The largest absolute Gasteiger partial charge is 0.483 e. The van der Waals surface area contributed by atoms with Gasteiger partial charge in [0.25, 0.3) is 0 Å². The van der Waals surface area contributed by atoms with Gasteiger partial charge in [-0.1, -0.05) is 12.8 Å². The van der Waals surface area contributed by atoms with Crippen LogP contribution < -0.4 is 15.0 Å². The van der Waals surface area contributed by atoms with Gasteiger partial charge in [-0.15, -0.1) is 0 Å². The number of ether oxygens (including phenoxy) is 2. The van der Waals surface area contributed by atoms with Crippen molar-refractivity contribution < 1.29 is 18.8 Å². The van der Waals surface area contributed by atoms with Crippen LogP contribution in [0.5, 0.6) is 5.75 Å². The molecule has 116 valence electrons. The van der Waals surface area contributed by atoms with Gasteiger partial charge in [0.05, 0.1) is 18.9 Å². The van der Waals surface area contributed by atoms with Crippen LogP contribution in [0.4, 0.5) is 5.82 Å². The second-order valence-electron chi connectivity index (χ2n) is 5.42. The predicted molar refractivity (Wildman–Crippen MR) is 79.8 cm³/mol. The van der Waals surface area contributed by atoms with E-state index in [1.54, 1.807) is 17.7 Å². The normalized spacial score (nSPS) is 16.2. The lowest BCUT2D eigenvalue weighted by atomic mass is 10.1. The number of nitrogens with two attached hydrogens (primary N) is 1. The van der Waals surface area contributed by atoms with Crippen molar-refractivity contribution in [2.75, 3.05) is 12.3 Å². The Kier molecular flexibility index (Phi) is 5.84. The smallest absolute Gasteiger partial charge is 0.348 e. The SMILES string of the molecule is CCOC(=O)C[n+]1cccc(OC2CCCCCC2)c1N. The van der Waals surface area contributed by atoms with Crippen molar-refractivity contribution >= 4 is 11.8 Å². The van der Waals surface area contributed by atoms with E-state index >= 15 is 0 Å². The van der Waals surface area contributed by atoms with Crippen molar-refractivity contribution in [3.8, 4) is 5.75 Å². The van der Waals surface area contributed by atoms with Gasteiger partial charge >= 0.3 is 11.8 Å². The third-order valence-electron chi connectivity index (χ3n) is 3.78. The van der Waals surface area contributed by atoms with E-state index in [2.05, 4.69) is 0 Å². The maximum atomic E-state index is 11.6. The zero-order valence-electron chi connectivity index (χ0n) is 12.7. The number of nitrogen functional groups attached to an aromatic ring is 1. The van der Waals surface area contributed by atoms with Gasteiger partial charge in [0.15, 0.2) is 6.54 Å². The first-order valence-corrected chi connectivity index (χ1v) is 7.81. The van der Waals surface area contributed by atoms with Gasteiger partial charge < -0.3 is 9.47 Å². The fraction of sp³-hybridized carbons (Fsp3) is 0.625. The van der Waals surface area contributed by atoms with Crippen LogP contribution in [0.2, 0.25) is 0 Å². The van der Waals surface area contributed by atoms with Gasteiger partial charge in [-0.3, -0.25) is 5.73 Å². The van der Waals surface area contributed by atoms with E-state index in [1.165, 1.54) is 25.7 Å². The summed E-state index contributed by atoms with van der Waals surface area (Å²) in [6, 6.07) is 3.71. The van der Waals surface area contributed by atoms with Gasteiger partial charge in [0.1, 0.15) is 0 Å². The molecule has 5 nitrogen and oxygen atoms in total. The second kappa shape index (κ2) is 7.86. The Morgan fingerprint density at radius 3 is 2.71 bits per heavy atom. The van der Waals surface area contributed by atoms with Crippen LogP contribution >= 0.6 is 0 Å². The first-order valence-electron chi connectivity index (χ1n) is 7.81. The maximum Gasteiger partial charge on any atom is 0.348 e. The fourth-order valence-corrected chi connectivity index (χ4v) is 2.66. The molecule has 1 fully saturated rings. The van der Waals surface area contributed by atoms with Gasteiger partial charge in [0.2, 0.25) is 5.75 Å². The molecule has 1 saturated carbocycles. The molecule has 0 aromatic carbocycles. The molecule has 0 atom stereocenters. The molecule has 0 bridgehead atoms. The van der Waals surface area contributed by atoms with E-state index in [0.717, 1.165) is 12.8 Å². The van der Waals surface area contributed by atoms with Crippen LogP contribution in [0.3, 0.4) is 0 Å². The van der Waals surface area contributed by atoms with Gasteiger partial charge in [0, 0.05) is 0 Å². The number of aromatic nitrogens is 1. The summed E-state index contributed by atoms with van der Waals surface area (Å²) in [5.41, 5.74) is 6.11. The minimum absolute atomic E-state index is 0.113. The van der Waals surface area contributed by atoms with E-state index in [-0.39, 0.29) is 18.6 Å². The zero-order valence-corrected chi connectivity index (χ0v) is 12.7. The molecule has 0 spiro atoms. The Bertz CT molecular complexity index is 469. The third-order valence-corrected chi connectivity index (χ3v) is 3.78. The van der Waals surface area contributed by atoms with Crippen LogP contribution in [0, 0.1) is 0 Å². The summed E-state index contributed by atoms with van der Waals surface area (Å²) < 4.78 is 12.7. The first kappa shape index (κ1) is 15.6. The van der Waals surface area contributed by atoms with Crippen molar-refractivity contribution in [3.05, 3.63) is 18.3 Å². The van der Waals surface area contributed by atoms with E-state index in [1.807, 2.05) is 12.1 Å². The molecule has 1 aliphatic carbocycles. The van der Waals surface area contributed by atoms with Gasteiger partial charge in [-0.2, -0.15) is 0 Å². The summed E-state index contributed by atoms with van der Waals surface area (Å²) in [5, 5.41) is 0. The molecule has 1 aliphatic rings. The molecule has 1 aromatic rings. The highest BCUT2D eigenvalue weighted by atomic mass is 16.5. The molecule has 1 heterocycles. The van der Waals surface area contributed by atoms with Gasteiger partial charge in [-0.05, 0) is 44.7 Å². The maximum absolute atomic E-state index is 11.6. The molecule has 0 amide bonds. The molecule has 5 heteroatoms. The number of pyridine rings is 1. The van der Waals surface area contributed by atoms with E-state index in [0.29, 0.717) is 18.2 Å². The molecule has 0 radical (unpaired) electrons. The Morgan fingerprint density at radius 1 is 1.33 bits per heavy atom. The molecule has 1 aromatic heterocycles. The summed E-state index contributed by atoms with van der Waals surface area (Å²) >= 11 is 0.